The van der Waals surface area contributed by atoms with Gasteiger partial charge in [-0.1, -0.05) is 12.1 Å². The highest BCUT2D eigenvalue weighted by molar-refractivity contribution is 7.17. The molecule has 0 unspecified atom stereocenters. The van der Waals surface area contributed by atoms with E-state index in [9.17, 15) is 14.0 Å². The van der Waals surface area contributed by atoms with Crippen molar-refractivity contribution < 1.29 is 13.9 Å². The van der Waals surface area contributed by atoms with E-state index in [1.807, 2.05) is 0 Å². The third-order valence-corrected chi connectivity index (χ3v) is 7.36. The Morgan fingerprint density at radius 1 is 1.10 bits per heavy atom. The van der Waals surface area contributed by atoms with E-state index in [1.165, 1.54) is 34.4 Å². The van der Waals surface area contributed by atoms with Gasteiger partial charge in [-0.15, -0.1) is 22.7 Å². The fourth-order valence-corrected chi connectivity index (χ4v) is 5.78. The van der Waals surface area contributed by atoms with Crippen LogP contribution in [0.4, 0.5) is 4.39 Å². The maximum absolute atomic E-state index is 13.1. The standard InChI is InChI=1S/C22H17FN2O3S2/c23-14-7-5-13(6-8-14)17-9-10-19(29-17)21(27)28-12-15-11-20(26)25-16-3-1-2-4-18(16)30-22(25)24-15/h5-11H,1-4,12H2. The molecular formula is C22H17FN2O3S2. The van der Waals surface area contributed by atoms with Gasteiger partial charge in [-0.2, -0.15) is 0 Å². The number of hydrogen-bond acceptors (Lipinski definition) is 6. The number of esters is 1. The van der Waals surface area contributed by atoms with Gasteiger partial charge in [-0.3, -0.25) is 9.20 Å². The summed E-state index contributed by atoms with van der Waals surface area (Å²) in [6.07, 6.45) is 4.12. The molecule has 30 heavy (non-hydrogen) atoms. The number of aromatic nitrogens is 2. The molecule has 8 heteroatoms. The monoisotopic (exact) mass is 440 g/mol. The fourth-order valence-electron chi connectivity index (χ4n) is 3.64. The zero-order valence-corrected chi connectivity index (χ0v) is 17.5. The maximum atomic E-state index is 13.1. The van der Waals surface area contributed by atoms with E-state index in [2.05, 4.69) is 4.98 Å². The molecule has 0 fully saturated rings. The Balaban J connectivity index is 1.32. The molecule has 1 aromatic carbocycles. The van der Waals surface area contributed by atoms with Crippen LogP contribution in [0.15, 0.2) is 47.3 Å². The van der Waals surface area contributed by atoms with Gasteiger partial charge in [0, 0.05) is 21.5 Å². The number of thiazole rings is 1. The lowest BCUT2D eigenvalue weighted by molar-refractivity contribution is 0.0473. The van der Waals surface area contributed by atoms with Crippen LogP contribution >= 0.6 is 22.7 Å². The number of thiophene rings is 1. The average Bonchev–Trinajstić information content (AvgIpc) is 3.37. The zero-order chi connectivity index (χ0) is 20.7. The van der Waals surface area contributed by atoms with E-state index in [0.29, 0.717) is 15.5 Å². The normalized spacial score (nSPS) is 13.4. The summed E-state index contributed by atoms with van der Waals surface area (Å²) < 4.78 is 20.2. The maximum Gasteiger partial charge on any atom is 0.348 e. The first-order valence-electron chi connectivity index (χ1n) is 9.64. The number of nitrogens with zero attached hydrogens (tertiary/aromatic N) is 2. The van der Waals surface area contributed by atoms with E-state index in [1.54, 1.807) is 40.0 Å². The Labute approximate surface area is 179 Å². The van der Waals surface area contributed by atoms with E-state index < -0.39 is 5.97 Å². The molecule has 1 aliphatic rings. The lowest BCUT2D eigenvalue weighted by Crippen LogP contribution is -2.18. The van der Waals surface area contributed by atoms with Gasteiger partial charge in [0.05, 0.1) is 5.69 Å². The number of ether oxygens (including phenoxy) is 1. The first kappa shape index (κ1) is 19.1. The van der Waals surface area contributed by atoms with Crippen LogP contribution in [0.3, 0.4) is 0 Å². The first-order valence-corrected chi connectivity index (χ1v) is 11.3. The largest absolute Gasteiger partial charge is 0.455 e. The lowest BCUT2D eigenvalue weighted by atomic mass is 10.0. The van der Waals surface area contributed by atoms with Crippen LogP contribution in [0.5, 0.6) is 0 Å². The van der Waals surface area contributed by atoms with Crippen molar-refractivity contribution in [2.45, 2.75) is 32.3 Å². The predicted molar refractivity (Wildman–Crippen MR) is 115 cm³/mol. The molecule has 0 amide bonds. The molecule has 0 saturated carbocycles. The molecule has 0 spiro atoms. The quantitative estimate of drug-likeness (QED) is 0.425. The van der Waals surface area contributed by atoms with Crippen LogP contribution in [-0.2, 0) is 24.2 Å². The van der Waals surface area contributed by atoms with Gasteiger partial charge in [0.25, 0.3) is 5.56 Å². The topological polar surface area (TPSA) is 60.7 Å². The van der Waals surface area contributed by atoms with Crippen LogP contribution in [0.2, 0.25) is 0 Å². The number of fused-ring (bicyclic) bond motifs is 3. The lowest BCUT2D eigenvalue weighted by Gasteiger charge is -2.10. The van der Waals surface area contributed by atoms with Crippen LogP contribution in [0.25, 0.3) is 15.4 Å². The Hall–Kier alpha value is -2.84. The minimum absolute atomic E-state index is 0.0586. The number of hydrogen-bond donors (Lipinski definition) is 0. The van der Waals surface area contributed by atoms with Crippen LogP contribution < -0.4 is 5.56 Å². The Kier molecular flexibility index (Phi) is 4.96. The van der Waals surface area contributed by atoms with Gasteiger partial charge >= 0.3 is 5.97 Å². The molecule has 0 atom stereocenters. The summed E-state index contributed by atoms with van der Waals surface area (Å²) in [5.41, 5.74) is 2.24. The summed E-state index contributed by atoms with van der Waals surface area (Å²) in [6.45, 7) is -0.0586. The number of rotatable bonds is 4. The van der Waals surface area contributed by atoms with Crippen LogP contribution in [-0.4, -0.2) is 15.4 Å². The summed E-state index contributed by atoms with van der Waals surface area (Å²) in [6, 6.07) is 11.0. The van der Waals surface area contributed by atoms with Gasteiger partial charge in [0.2, 0.25) is 0 Å². The van der Waals surface area contributed by atoms with Crippen molar-refractivity contribution in [1.29, 1.82) is 0 Å². The van der Waals surface area contributed by atoms with Crippen LogP contribution in [0, 0.1) is 5.82 Å². The number of benzene rings is 1. The number of halogens is 1. The summed E-state index contributed by atoms with van der Waals surface area (Å²) in [4.78, 5) is 32.8. The minimum atomic E-state index is -0.471. The molecule has 3 aromatic heterocycles. The average molecular weight is 441 g/mol. The molecular weight excluding hydrogens is 423 g/mol. The second-order valence-corrected chi connectivity index (χ2v) is 9.28. The summed E-state index contributed by atoms with van der Waals surface area (Å²) in [7, 11) is 0. The first-order chi connectivity index (χ1) is 14.6. The van der Waals surface area contributed by atoms with E-state index >= 15 is 0 Å². The molecule has 0 aliphatic heterocycles. The Morgan fingerprint density at radius 2 is 1.90 bits per heavy atom. The fraction of sp³-hybridized carbons (Fsp3) is 0.227. The second kappa shape index (κ2) is 7.77. The molecule has 0 radical (unpaired) electrons. The molecule has 5 rings (SSSR count). The number of aryl methyl sites for hydroxylation is 2. The molecule has 4 aromatic rings. The smallest absolute Gasteiger partial charge is 0.348 e. The zero-order valence-electron chi connectivity index (χ0n) is 15.9. The van der Waals surface area contributed by atoms with E-state index in [4.69, 9.17) is 4.74 Å². The highest BCUT2D eigenvalue weighted by atomic mass is 32.1. The molecule has 0 N–H and O–H groups in total. The highest BCUT2D eigenvalue weighted by Gasteiger charge is 2.19. The highest BCUT2D eigenvalue weighted by Crippen LogP contribution is 2.30. The van der Waals surface area contributed by atoms with Gasteiger partial charge in [-0.05, 0) is 55.5 Å². The molecule has 0 saturated heterocycles. The molecule has 0 bridgehead atoms. The van der Waals surface area contributed by atoms with Crippen molar-refractivity contribution in [2.24, 2.45) is 0 Å². The van der Waals surface area contributed by atoms with Crippen LogP contribution in [0.1, 0.15) is 38.8 Å². The number of carbonyl (C=O) groups is 1. The van der Waals surface area contributed by atoms with Crippen molar-refractivity contribution in [2.75, 3.05) is 0 Å². The van der Waals surface area contributed by atoms with Crippen molar-refractivity contribution in [1.82, 2.24) is 9.38 Å². The van der Waals surface area contributed by atoms with Gasteiger partial charge in [-0.25, -0.2) is 14.2 Å². The summed E-state index contributed by atoms with van der Waals surface area (Å²) >= 11 is 2.83. The molecule has 3 heterocycles. The summed E-state index contributed by atoms with van der Waals surface area (Å²) in [5, 5.41) is 0. The van der Waals surface area contributed by atoms with Crippen molar-refractivity contribution >= 4 is 33.6 Å². The third-order valence-electron chi connectivity index (χ3n) is 5.10. The summed E-state index contributed by atoms with van der Waals surface area (Å²) in [5.74, 6) is -0.775. The predicted octanol–water partition coefficient (Wildman–Crippen LogP) is 4.86. The van der Waals surface area contributed by atoms with Crippen molar-refractivity contribution in [3.8, 4) is 10.4 Å². The number of carbonyl (C=O) groups excluding carboxylic acids is 1. The van der Waals surface area contributed by atoms with Crippen molar-refractivity contribution in [3.05, 3.63) is 79.8 Å². The second-order valence-electron chi connectivity index (χ2n) is 7.13. The molecule has 5 nitrogen and oxygen atoms in total. The van der Waals surface area contributed by atoms with Gasteiger partial charge < -0.3 is 4.74 Å². The van der Waals surface area contributed by atoms with Crippen molar-refractivity contribution in [3.63, 3.8) is 0 Å². The Bertz CT molecular complexity index is 1300. The minimum Gasteiger partial charge on any atom is -0.455 e. The Morgan fingerprint density at radius 3 is 2.73 bits per heavy atom. The SMILES string of the molecule is O=C(OCc1cc(=O)n2c3c(sc2n1)CCCC3)c1ccc(-c2ccc(F)cc2)s1. The van der Waals surface area contributed by atoms with Gasteiger partial charge in [0.15, 0.2) is 4.96 Å². The molecule has 1 aliphatic carbocycles. The molecule has 152 valence electrons. The third kappa shape index (κ3) is 3.57. The van der Waals surface area contributed by atoms with E-state index in [-0.39, 0.29) is 18.0 Å². The van der Waals surface area contributed by atoms with E-state index in [0.717, 1.165) is 41.8 Å². The van der Waals surface area contributed by atoms with Gasteiger partial charge in [0.1, 0.15) is 17.3 Å².